The van der Waals surface area contributed by atoms with Crippen LogP contribution in [0, 0.1) is 0 Å². The number of nitrogens with zero attached hydrogens (tertiary/aromatic N) is 1. The highest BCUT2D eigenvalue weighted by molar-refractivity contribution is 6.17. The van der Waals surface area contributed by atoms with E-state index in [-0.39, 0.29) is 0 Å². The third kappa shape index (κ3) is 5.77. The van der Waals surface area contributed by atoms with Crippen LogP contribution in [0.2, 0.25) is 0 Å². The number of hydrogen-bond acceptors (Lipinski definition) is 1. The van der Waals surface area contributed by atoms with E-state index >= 15 is 0 Å². The van der Waals surface area contributed by atoms with E-state index in [1.807, 2.05) is 0 Å². The lowest BCUT2D eigenvalue weighted by Gasteiger charge is -2.31. The minimum Gasteiger partial charge on any atom is -0.303 e. The molecule has 0 atom stereocenters. The maximum atomic E-state index is 5.65. The Morgan fingerprint density at radius 2 is 1.67 bits per heavy atom. The molecule has 0 unspecified atom stereocenters. The second-order valence-electron chi connectivity index (χ2n) is 4.88. The van der Waals surface area contributed by atoms with Gasteiger partial charge in [-0.25, -0.2) is 0 Å². The number of alkyl halides is 1. The Balaban J connectivity index is 1.99. The van der Waals surface area contributed by atoms with Crippen LogP contribution in [-0.4, -0.2) is 30.4 Å². The molecule has 1 saturated carbocycles. The molecule has 0 N–H and O–H groups in total. The van der Waals surface area contributed by atoms with Crippen molar-refractivity contribution in [1.82, 2.24) is 4.90 Å². The van der Waals surface area contributed by atoms with Crippen molar-refractivity contribution in [3.63, 3.8) is 0 Å². The van der Waals surface area contributed by atoms with Crippen LogP contribution in [0.25, 0.3) is 0 Å². The fraction of sp³-hybridized carbons (Fsp3) is 1.00. The summed E-state index contributed by atoms with van der Waals surface area (Å²) < 4.78 is 0. The van der Waals surface area contributed by atoms with E-state index in [0.717, 1.165) is 11.9 Å². The van der Waals surface area contributed by atoms with E-state index in [1.165, 1.54) is 64.3 Å². The summed E-state index contributed by atoms with van der Waals surface area (Å²) in [5, 5.41) is 0. The minimum atomic E-state index is 0.832. The van der Waals surface area contributed by atoms with Gasteiger partial charge in [0, 0.05) is 11.9 Å². The van der Waals surface area contributed by atoms with Crippen molar-refractivity contribution in [2.24, 2.45) is 0 Å². The van der Waals surface area contributed by atoms with E-state index < -0.39 is 0 Å². The van der Waals surface area contributed by atoms with Gasteiger partial charge >= 0.3 is 0 Å². The zero-order valence-electron chi connectivity index (χ0n) is 10.2. The molecule has 0 radical (unpaired) electrons. The second-order valence-corrected chi connectivity index (χ2v) is 5.25. The van der Waals surface area contributed by atoms with Gasteiger partial charge in [0.15, 0.2) is 0 Å². The number of hydrogen-bond donors (Lipinski definition) is 0. The molecule has 90 valence electrons. The summed E-state index contributed by atoms with van der Waals surface area (Å²) in [5.41, 5.74) is 0. The van der Waals surface area contributed by atoms with Gasteiger partial charge in [-0.05, 0) is 39.3 Å². The molecule has 1 fully saturated rings. The first kappa shape index (κ1) is 13.3. The molecule has 0 aromatic heterocycles. The average Bonchev–Trinajstić information content (AvgIpc) is 2.30. The first-order valence-corrected chi connectivity index (χ1v) is 7.14. The van der Waals surface area contributed by atoms with Crippen LogP contribution in [0.5, 0.6) is 0 Å². The Morgan fingerprint density at radius 1 is 1.00 bits per heavy atom. The lowest BCUT2D eigenvalue weighted by molar-refractivity contribution is 0.188. The van der Waals surface area contributed by atoms with Crippen LogP contribution in [0.15, 0.2) is 0 Å². The van der Waals surface area contributed by atoms with E-state index in [0.29, 0.717) is 0 Å². The van der Waals surface area contributed by atoms with E-state index in [1.54, 1.807) is 0 Å². The number of rotatable bonds is 7. The van der Waals surface area contributed by atoms with Crippen molar-refractivity contribution in [2.45, 2.75) is 63.8 Å². The number of halogens is 1. The lowest BCUT2D eigenvalue weighted by atomic mass is 9.94. The number of unbranched alkanes of at least 4 members (excludes halogenated alkanes) is 3. The van der Waals surface area contributed by atoms with Gasteiger partial charge in [0.2, 0.25) is 0 Å². The molecule has 0 amide bonds. The van der Waals surface area contributed by atoms with Crippen LogP contribution in [-0.2, 0) is 0 Å². The maximum Gasteiger partial charge on any atom is 0.0223 e. The van der Waals surface area contributed by atoms with Gasteiger partial charge in [0.1, 0.15) is 0 Å². The van der Waals surface area contributed by atoms with E-state index in [9.17, 15) is 0 Å². The zero-order chi connectivity index (χ0) is 10.9. The first-order chi connectivity index (χ1) is 7.34. The van der Waals surface area contributed by atoms with Crippen molar-refractivity contribution in [3.05, 3.63) is 0 Å². The quantitative estimate of drug-likeness (QED) is 0.472. The Bertz CT molecular complexity index is 143. The highest BCUT2D eigenvalue weighted by atomic mass is 35.5. The summed E-state index contributed by atoms with van der Waals surface area (Å²) in [6.45, 7) is 1.28. The van der Waals surface area contributed by atoms with Crippen molar-refractivity contribution in [1.29, 1.82) is 0 Å². The molecular formula is C13H26ClN. The van der Waals surface area contributed by atoms with E-state index in [2.05, 4.69) is 11.9 Å². The van der Waals surface area contributed by atoms with Gasteiger partial charge in [-0.2, -0.15) is 0 Å². The van der Waals surface area contributed by atoms with Crippen molar-refractivity contribution in [3.8, 4) is 0 Å². The molecule has 0 bridgehead atoms. The lowest BCUT2D eigenvalue weighted by Crippen LogP contribution is -2.34. The Labute approximate surface area is 100 Å². The third-order valence-corrected chi connectivity index (χ3v) is 3.86. The fourth-order valence-corrected chi connectivity index (χ4v) is 2.70. The van der Waals surface area contributed by atoms with Crippen LogP contribution < -0.4 is 0 Å². The van der Waals surface area contributed by atoms with E-state index in [4.69, 9.17) is 11.6 Å². The molecule has 0 spiro atoms. The monoisotopic (exact) mass is 231 g/mol. The Kier molecular flexibility index (Phi) is 7.46. The normalized spacial score (nSPS) is 18.6. The van der Waals surface area contributed by atoms with Gasteiger partial charge in [0.05, 0.1) is 0 Å². The van der Waals surface area contributed by atoms with Crippen LogP contribution >= 0.6 is 11.6 Å². The van der Waals surface area contributed by atoms with Crippen molar-refractivity contribution in [2.75, 3.05) is 19.5 Å². The highest BCUT2D eigenvalue weighted by Gasteiger charge is 2.16. The predicted molar refractivity (Wildman–Crippen MR) is 68.7 cm³/mol. The molecule has 1 aliphatic rings. The molecule has 0 aromatic carbocycles. The summed E-state index contributed by atoms with van der Waals surface area (Å²) >= 11 is 5.65. The average molecular weight is 232 g/mol. The standard InChI is InChI=1S/C13H26ClN/c1-15(12-8-3-2-7-11-14)13-9-5-4-6-10-13/h13H,2-12H2,1H3. The van der Waals surface area contributed by atoms with Crippen molar-refractivity contribution < 1.29 is 0 Å². The van der Waals surface area contributed by atoms with Gasteiger partial charge < -0.3 is 4.90 Å². The zero-order valence-corrected chi connectivity index (χ0v) is 10.9. The molecule has 1 aliphatic carbocycles. The van der Waals surface area contributed by atoms with Gasteiger partial charge in [-0.3, -0.25) is 0 Å². The molecule has 15 heavy (non-hydrogen) atoms. The molecule has 1 nitrogen and oxygen atoms in total. The maximum absolute atomic E-state index is 5.65. The largest absolute Gasteiger partial charge is 0.303 e. The summed E-state index contributed by atoms with van der Waals surface area (Å²) in [6.07, 6.45) is 12.4. The SMILES string of the molecule is CN(CCCCCCCl)C1CCCCC1. The second kappa shape index (κ2) is 8.41. The van der Waals surface area contributed by atoms with Crippen molar-refractivity contribution >= 4 is 11.6 Å². The molecule has 0 aromatic rings. The molecule has 1 rings (SSSR count). The van der Waals surface area contributed by atoms with Gasteiger partial charge in [-0.1, -0.05) is 32.1 Å². The first-order valence-electron chi connectivity index (χ1n) is 6.61. The predicted octanol–water partition coefficient (Wildman–Crippen LogP) is 4.05. The van der Waals surface area contributed by atoms with Crippen LogP contribution in [0.3, 0.4) is 0 Å². The molecule has 0 heterocycles. The topological polar surface area (TPSA) is 3.24 Å². The summed E-state index contributed by atoms with van der Waals surface area (Å²) in [4.78, 5) is 2.58. The summed E-state index contributed by atoms with van der Waals surface area (Å²) in [5.74, 6) is 0.832. The Morgan fingerprint density at radius 3 is 2.33 bits per heavy atom. The summed E-state index contributed by atoms with van der Waals surface area (Å²) in [6, 6.07) is 0.881. The molecular weight excluding hydrogens is 206 g/mol. The Hall–Kier alpha value is 0.250. The van der Waals surface area contributed by atoms with Crippen LogP contribution in [0.4, 0.5) is 0 Å². The smallest absolute Gasteiger partial charge is 0.0223 e. The van der Waals surface area contributed by atoms with Gasteiger partial charge in [-0.15, -0.1) is 11.6 Å². The molecule has 2 heteroatoms. The molecule has 0 aliphatic heterocycles. The third-order valence-electron chi connectivity index (χ3n) is 3.59. The van der Waals surface area contributed by atoms with Gasteiger partial charge in [0.25, 0.3) is 0 Å². The minimum absolute atomic E-state index is 0.832. The highest BCUT2D eigenvalue weighted by Crippen LogP contribution is 2.21. The molecule has 0 saturated heterocycles. The van der Waals surface area contributed by atoms with Crippen LogP contribution in [0.1, 0.15) is 57.8 Å². The fourth-order valence-electron chi connectivity index (χ4n) is 2.51. The summed E-state index contributed by atoms with van der Waals surface area (Å²) in [7, 11) is 2.30.